The van der Waals surface area contributed by atoms with Crippen LogP contribution >= 0.6 is 0 Å². The van der Waals surface area contributed by atoms with Crippen LogP contribution in [0.5, 0.6) is 0 Å². The molecule has 0 aliphatic heterocycles. The predicted molar refractivity (Wildman–Crippen MR) is 46.6 cm³/mol. The fraction of sp³-hybridized carbons (Fsp3) is 1.00. The number of hydrogen-bond donors (Lipinski definition) is 1. The van der Waals surface area contributed by atoms with Crippen LogP contribution in [0.1, 0.15) is 33.1 Å². The number of aliphatic hydroxyl groups excluding tert-OH is 1. The Balaban J connectivity index is 2.20. The van der Waals surface area contributed by atoms with Crippen molar-refractivity contribution in [2.75, 3.05) is 13.1 Å². The van der Waals surface area contributed by atoms with Gasteiger partial charge in [-0.05, 0) is 32.7 Å². The molecule has 11 heavy (non-hydrogen) atoms. The molecular weight excluding hydrogens is 138 g/mol. The van der Waals surface area contributed by atoms with Gasteiger partial charge in [-0.25, -0.2) is 0 Å². The lowest BCUT2D eigenvalue weighted by Crippen LogP contribution is -2.33. The van der Waals surface area contributed by atoms with Gasteiger partial charge in [0, 0.05) is 12.6 Å². The first-order valence-corrected chi connectivity index (χ1v) is 4.66. The van der Waals surface area contributed by atoms with Gasteiger partial charge in [0.2, 0.25) is 0 Å². The van der Waals surface area contributed by atoms with Gasteiger partial charge >= 0.3 is 0 Å². The molecule has 1 aliphatic rings. The van der Waals surface area contributed by atoms with Gasteiger partial charge < -0.3 is 5.11 Å². The standard InChI is InChI=1S/C9H19NO/c1-3-6-10(7-8(2)11)9-4-5-9/h8-9,11H,3-7H2,1-2H3. The summed E-state index contributed by atoms with van der Waals surface area (Å²) in [4.78, 5) is 2.41. The number of hydrogen-bond acceptors (Lipinski definition) is 2. The van der Waals surface area contributed by atoms with E-state index in [9.17, 15) is 5.11 Å². The van der Waals surface area contributed by atoms with Crippen molar-refractivity contribution < 1.29 is 5.11 Å². The molecule has 1 atom stereocenters. The summed E-state index contributed by atoms with van der Waals surface area (Å²) in [6, 6.07) is 0.796. The van der Waals surface area contributed by atoms with E-state index in [0.717, 1.165) is 19.1 Å². The molecule has 0 radical (unpaired) electrons. The molecule has 0 heterocycles. The third-order valence-electron chi connectivity index (χ3n) is 2.07. The molecule has 1 rings (SSSR count). The van der Waals surface area contributed by atoms with Gasteiger partial charge in [-0.1, -0.05) is 6.92 Å². The highest BCUT2D eigenvalue weighted by Gasteiger charge is 2.28. The van der Waals surface area contributed by atoms with E-state index in [1.54, 1.807) is 0 Å². The smallest absolute Gasteiger partial charge is 0.0639 e. The molecule has 0 spiro atoms. The molecule has 2 heteroatoms. The Labute approximate surface area is 69.2 Å². The van der Waals surface area contributed by atoms with Crippen LogP contribution in [0.4, 0.5) is 0 Å². The van der Waals surface area contributed by atoms with Crippen molar-refractivity contribution in [2.24, 2.45) is 0 Å². The minimum Gasteiger partial charge on any atom is -0.392 e. The Kier molecular flexibility index (Phi) is 3.34. The maximum Gasteiger partial charge on any atom is 0.0639 e. The summed E-state index contributed by atoms with van der Waals surface area (Å²) >= 11 is 0. The molecule has 1 fully saturated rings. The van der Waals surface area contributed by atoms with Gasteiger partial charge in [0.1, 0.15) is 0 Å². The Hall–Kier alpha value is -0.0800. The Bertz CT molecular complexity index is 110. The molecule has 0 aromatic rings. The highest BCUT2D eigenvalue weighted by Crippen LogP contribution is 2.26. The molecular formula is C9H19NO. The zero-order valence-corrected chi connectivity index (χ0v) is 7.58. The first-order chi connectivity index (χ1) is 5.24. The second kappa shape index (κ2) is 4.07. The van der Waals surface area contributed by atoms with Gasteiger partial charge in [-0.2, -0.15) is 0 Å². The van der Waals surface area contributed by atoms with Crippen LogP contribution in [0.3, 0.4) is 0 Å². The molecule has 1 unspecified atom stereocenters. The van der Waals surface area contributed by atoms with E-state index in [2.05, 4.69) is 11.8 Å². The summed E-state index contributed by atoms with van der Waals surface area (Å²) in [6.07, 6.45) is 3.71. The lowest BCUT2D eigenvalue weighted by molar-refractivity contribution is 0.122. The molecule has 0 aromatic heterocycles. The van der Waals surface area contributed by atoms with Gasteiger partial charge in [0.25, 0.3) is 0 Å². The lowest BCUT2D eigenvalue weighted by atomic mass is 10.3. The number of rotatable bonds is 5. The van der Waals surface area contributed by atoms with Crippen molar-refractivity contribution in [2.45, 2.75) is 45.3 Å². The summed E-state index contributed by atoms with van der Waals surface area (Å²) < 4.78 is 0. The molecule has 0 saturated heterocycles. The van der Waals surface area contributed by atoms with Crippen molar-refractivity contribution >= 4 is 0 Å². The van der Waals surface area contributed by atoms with Crippen molar-refractivity contribution in [3.8, 4) is 0 Å². The third kappa shape index (κ3) is 3.21. The molecule has 2 nitrogen and oxygen atoms in total. The molecule has 66 valence electrons. The highest BCUT2D eigenvalue weighted by atomic mass is 16.3. The average molecular weight is 157 g/mol. The first kappa shape index (κ1) is 9.01. The van der Waals surface area contributed by atoms with Gasteiger partial charge in [0.15, 0.2) is 0 Å². The minimum absolute atomic E-state index is 0.165. The maximum atomic E-state index is 9.18. The van der Waals surface area contributed by atoms with E-state index >= 15 is 0 Å². The quantitative estimate of drug-likeness (QED) is 0.649. The minimum atomic E-state index is -0.165. The second-order valence-electron chi connectivity index (χ2n) is 3.58. The van der Waals surface area contributed by atoms with E-state index in [0.29, 0.717) is 0 Å². The first-order valence-electron chi connectivity index (χ1n) is 4.66. The SMILES string of the molecule is CCCN(CC(C)O)C1CC1. The van der Waals surface area contributed by atoms with Crippen LogP contribution in [0, 0.1) is 0 Å². The third-order valence-corrected chi connectivity index (χ3v) is 2.07. The van der Waals surface area contributed by atoms with E-state index in [-0.39, 0.29) is 6.10 Å². The Morgan fingerprint density at radius 3 is 2.55 bits per heavy atom. The van der Waals surface area contributed by atoms with Crippen molar-refractivity contribution in [1.82, 2.24) is 4.90 Å². The van der Waals surface area contributed by atoms with Crippen molar-refractivity contribution in [1.29, 1.82) is 0 Å². The van der Waals surface area contributed by atoms with Crippen LogP contribution < -0.4 is 0 Å². The number of aliphatic hydroxyl groups is 1. The van der Waals surface area contributed by atoms with Gasteiger partial charge in [0.05, 0.1) is 6.10 Å². The largest absolute Gasteiger partial charge is 0.392 e. The van der Waals surface area contributed by atoms with Gasteiger partial charge in [-0.15, -0.1) is 0 Å². The second-order valence-corrected chi connectivity index (χ2v) is 3.58. The van der Waals surface area contributed by atoms with Gasteiger partial charge in [-0.3, -0.25) is 4.90 Å². The summed E-state index contributed by atoms with van der Waals surface area (Å²) in [5.41, 5.74) is 0. The lowest BCUT2D eigenvalue weighted by Gasteiger charge is -2.22. The molecule has 0 bridgehead atoms. The zero-order chi connectivity index (χ0) is 8.27. The zero-order valence-electron chi connectivity index (χ0n) is 7.58. The highest BCUT2D eigenvalue weighted by molar-refractivity contribution is 4.84. The van der Waals surface area contributed by atoms with Crippen LogP contribution in [0.25, 0.3) is 0 Å². The summed E-state index contributed by atoms with van der Waals surface area (Å²) in [6.45, 7) is 6.07. The maximum absolute atomic E-state index is 9.18. The van der Waals surface area contributed by atoms with Crippen LogP contribution in [-0.2, 0) is 0 Å². The summed E-state index contributed by atoms with van der Waals surface area (Å²) in [7, 11) is 0. The van der Waals surface area contributed by atoms with E-state index in [1.807, 2.05) is 6.92 Å². The van der Waals surface area contributed by atoms with Crippen LogP contribution in [-0.4, -0.2) is 35.2 Å². The topological polar surface area (TPSA) is 23.5 Å². The molecule has 0 amide bonds. The summed E-state index contributed by atoms with van der Waals surface area (Å²) in [5.74, 6) is 0. The fourth-order valence-electron chi connectivity index (χ4n) is 1.49. The number of nitrogens with zero attached hydrogens (tertiary/aromatic N) is 1. The molecule has 1 saturated carbocycles. The Morgan fingerprint density at radius 2 is 2.18 bits per heavy atom. The van der Waals surface area contributed by atoms with Crippen LogP contribution in [0.15, 0.2) is 0 Å². The van der Waals surface area contributed by atoms with E-state index < -0.39 is 0 Å². The monoisotopic (exact) mass is 157 g/mol. The van der Waals surface area contributed by atoms with Crippen LogP contribution in [0.2, 0.25) is 0 Å². The van der Waals surface area contributed by atoms with E-state index in [4.69, 9.17) is 0 Å². The summed E-state index contributed by atoms with van der Waals surface area (Å²) in [5, 5.41) is 9.18. The van der Waals surface area contributed by atoms with Crippen molar-refractivity contribution in [3.05, 3.63) is 0 Å². The van der Waals surface area contributed by atoms with Crippen molar-refractivity contribution in [3.63, 3.8) is 0 Å². The molecule has 1 aliphatic carbocycles. The fourth-order valence-corrected chi connectivity index (χ4v) is 1.49. The van der Waals surface area contributed by atoms with E-state index in [1.165, 1.54) is 19.3 Å². The Morgan fingerprint density at radius 1 is 1.55 bits per heavy atom. The average Bonchev–Trinajstić information content (AvgIpc) is 2.66. The normalized spacial score (nSPS) is 20.7. The molecule has 1 N–H and O–H groups in total. The predicted octanol–water partition coefficient (Wildman–Crippen LogP) is 1.24. The molecule has 0 aromatic carbocycles.